The number of benzene rings is 2. The molecule has 130 valence electrons. The van der Waals surface area contributed by atoms with Crippen LogP contribution in [-0.4, -0.2) is 41.8 Å². The maximum absolute atomic E-state index is 2.57. The van der Waals surface area contributed by atoms with Gasteiger partial charge in [0.25, 0.3) is 0 Å². The van der Waals surface area contributed by atoms with Crippen LogP contribution in [0.25, 0.3) is 0 Å². The highest BCUT2D eigenvalue weighted by Gasteiger charge is 2.21. The van der Waals surface area contributed by atoms with Gasteiger partial charge in [0.05, 0.1) is 0 Å². The van der Waals surface area contributed by atoms with E-state index in [2.05, 4.69) is 105 Å². The molecule has 0 spiro atoms. The van der Waals surface area contributed by atoms with E-state index in [1.54, 1.807) is 0 Å². The van der Waals surface area contributed by atoms with Gasteiger partial charge >= 0.3 is 0 Å². The molecule has 0 bridgehead atoms. The first-order chi connectivity index (χ1) is 11.5. The number of hydrogen-bond donors (Lipinski definition) is 0. The summed E-state index contributed by atoms with van der Waals surface area (Å²) in [4.78, 5) is 2.57. The van der Waals surface area contributed by atoms with Gasteiger partial charge in [0.2, 0.25) is 0 Å². The zero-order chi connectivity index (χ0) is 17.5. The number of rotatable bonds is 8. The van der Waals surface area contributed by atoms with Crippen LogP contribution in [0.3, 0.4) is 0 Å². The van der Waals surface area contributed by atoms with Crippen molar-refractivity contribution in [3.05, 3.63) is 60.7 Å². The van der Waals surface area contributed by atoms with Crippen molar-refractivity contribution < 1.29 is 0 Å². The summed E-state index contributed by atoms with van der Waals surface area (Å²) in [5.74, 6) is 0. The summed E-state index contributed by atoms with van der Waals surface area (Å²) in [5, 5.41) is 2.84. The van der Waals surface area contributed by atoms with Gasteiger partial charge in [-0.3, -0.25) is 9.57 Å². The second-order valence-corrected chi connectivity index (χ2v) is 9.13. The van der Waals surface area contributed by atoms with Crippen molar-refractivity contribution in [2.24, 2.45) is 0 Å². The van der Waals surface area contributed by atoms with E-state index in [0.717, 1.165) is 13.1 Å². The monoisotopic (exact) mass is 342 g/mol. The van der Waals surface area contributed by atoms with E-state index >= 15 is 0 Å². The Morgan fingerprint density at radius 1 is 0.708 bits per heavy atom. The van der Waals surface area contributed by atoms with Crippen molar-refractivity contribution in [2.75, 3.05) is 20.1 Å². The summed E-state index contributed by atoms with van der Waals surface area (Å²) in [7, 11) is 1.79. The molecule has 3 heteroatoms. The minimum absolute atomic E-state index is 0.475. The van der Waals surface area contributed by atoms with Crippen LogP contribution in [0.5, 0.6) is 0 Å². The Morgan fingerprint density at radius 2 is 1.12 bits per heavy atom. The SMILES string of the molecule is CC(C)N(CCN(C)P(c1ccccc1)c1ccccc1)C(C)C. The average Bonchev–Trinajstić information content (AvgIpc) is 2.56. The Morgan fingerprint density at radius 3 is 1.50 bits per heavy atom. The fourth-order valence-electron chi connectivity index (χ4n) is 3.15. The molecule has 0 saturated carbocycles. The Hall–Kier alpha value is -1.21. The van der Waals surface area contributed by atoms with Gasteiger partial charge in [0.1, 0.15) is 0 Å². The normalized spacial score (nSPS) is 12.1. The summed E-state index contributed by atoms with van der Waals surface area (Å²) >= 11 is 0. The molecule has 0 aromatic heterocycles. The highest BCUT2D eigenvalue weighted by Crippen LogP contribution is 2.36. The predicted octanol–water partition coefficient (Wildman–Crippen LogP) is 4.08. The lowest BCUT2D eigenvalue weighted by atomic mass is 10.2. The number of likely N-dealkylation sites (N-methyl/N-ethyl adjacent to an activating group) is 1. The molecule has 0 aliphatic carbocycles. The lowest BCUT2D eigenvalue weighted by Crippen LogP contribution is -2.42. The van der Waals surface area contributed by atoms with Gasteiger partial charge in [-0.2, -0.15) is 0 Å². The van der Waals surface area contributed by atoms with Crippen molar-refractivity contribution in [3.8, 4) is 0 Å². The standard InChI is InChI=1S/C21H31N2P/c1-18(2)23(19(3)4)17-16-22(5)24(20-12-8-6-9-13-20)21-14-10-7-11-15-21/h6-15,18-19H,16-17H2,1-5H3. The van der Waals surface area contributed by atoms with Crippen LogP contribution in [0, 0.1) is 0 Å². The molecule has 0 aliphatic rings. The van der Waals surface area contributed by atoms with Gasteiger partial charge in [0.15, 0.2) is 0 Å². The molecule has 2 aromatic carbocycles. The Bertz CT molecular complexity index is 536. The van der Waals surface area contributed by atoms with Crippen LogP contribution in [0.1, 0.15) is 27.7 Å². The van der Waals surface area contributed by atoms with E-state index < -0.39 is 8.07 Å². The molecule has 0 fully saturated rings. The third-order valence-corrected chi connectivity index (χ3v) is 6.81. The van der Waals surface area contributed by atoms with Crippen LogP contribution in [0.4, 0.5) is 0 Å². The lowest BCUT2D eigenvalue weighted by molar-refractivity contribution is 0.168. The minimum atomic E-state index is -0.475. The largest absolute Gasteiger partial charge is 0.297 e. The first-order valence-corrected chi connectivity index (χ1v) is 10.2. The fraction of sp³-hybridized carbons (Fsp3) is 0.429. The minimum Gasteiger partial charge on any atom is -0.297 e. The van der Waals surface area contributed by atoms with E-state index in [1.165, 1.54) is 10.6 Å². The quantitative estimate of drug-likeness (QED) is 0.667. The summed E-state index contributed by atoms with van der Waals surface area (Å²) in [6.45, 7) is 11.3. The van der Waals surface area contributed by atoms with Crippen LogP contribution < -0.4 is 10.6 Å². The van der Waals surface area contributed by atoms with E-state index in [-0.39, 0.29) is 0 Å². The maximum atomic E-state index is 2.57. The zero-order valence-electron chi connectivity index (χ0n) is 15.7. The summed E-state index contributed by atoms with van der Waals surface area (Å²) in [6.07, 6.45) is 0. The third kappa shape index (κ3) is 5.14. The van der Waals surface area contributed by atoms with Crippen LogP contribution in [0.15, 0.2) is 60.7 Å². The Kier molecular flexibility index (Phi) is 7.42. The van der Waals surface area contributed by atoms with Gasteiger partial charge in [-0.05, 0) is 45.4 Å². The van der Waals surface area contributed by atoms with E-state index in [9.17, 15) is 0 Å². The highest BCUT2D eigenvalue weighted by atomic mass is 31.1. The topological polar surface area (TPSA) is 6.48 Å². The molecule has 2 rings (SSSR count). The van der Waals surface area contributed by atoms with Crippen molar-refractivity contribution in [1.29, 1.82) is 0 Å². The second-order valence-electron chi connectivity index (χ2n) is 6.79. The van der Waals surface area contributed by atoms with E-state index in [4.69, 9.17) is 0 Å². The number of nitrogens with zero attached hydrogens (tertiary/aromatic N) is 2. The molecular weight excluding hydrogens is 311 g/mol. The maximum Gasteiger partial charge on any atom is 0.0279 e. The highest BCUT2D eigenvalue weighted by molar-refractivity contribution is 7.70. The average molecular weight is 342 g/mol. The van der Waals surface area contributed by atoms with Crippen molar-refractivity contribution in [1.82, 2.24) is 9.57 Å². The van der Waals surface area contributed by atoms with Gasteiger partial charge in [-0.25, -0.2) is 0 Å². The molecule has 0 radical (unpaired) electrons. The fourth-order valence-corrected chi connectivity index (χ4v) is 5.44. The summed E-state index contributed by atoms with van der Waals surface area (Å²) in [6, 6.07) is 23.0. The molecular formula is C21H31N2P. The predicted molar refractivity (Wildman–Crippen MR) is 109 cm³/mol. The molecule has 0 unspecified atom stereocenters. The second kappa shape index (κ2) is 9.32. The van der Waals surface area contributed by atoms with E-state index in [1.807, 2.05) is 0 Å². The number of hydrogen-bond acceptors (Lipinski definition) is 2. The van der Waals surface area contributed by atoms with E-state index in [0.29, 0.717) is 12.1 Å². The molecule has 2 aromatic rings. The smallest absolute Gasteiger partial charge is 0.0279 e. The van der Waals surface area contributed by atoms with Gasteiger partial charge in [-0.1, -0.05) is 60.7 Å². The van der Waals surface area contributed by atoms with Gasteiger partial charge in [-0.15, -0.1) is 0 Å². The molecule has 24 heavy (non-hydrogen) atoms. The van der Waals surface area contributed by atoms with Crippen LogP contribution >= 0.6 is 8.07 Å². The summed E-state index contributed by atoms with van der Waals surface area (Å²) < 4.78 is 2.54. The molecule has 2 nitrogen and oxygen atoms in total. The van der Waals surface area contributed by atoms with Crippen molar-refractivity contribution in [3.63, 3.8) is 0 Å². The molecule has 0 saturated heterocycles. The van der Waals surface area contributed by atoms with Crippen molar-refractivity contribution >= 4 is 18.7 Å². The van der Waals surface area contributed by atoms with Gasteiger partial charge < -0.3 is 0 Å². The van der Waals surface area contributed by atoms with Crippen LogP contribution in [0.2, 0.25) is 0 Å². The molecule has 0 aliphatic heterocycles. The molecule has 0 amide bonds. The lowest BCUT2D eigenvalue weighted by Gasteiger charge is -2.35. The first kappa shape index (κ1) is 19.1. The zero-order valence-corrected chi connectivity index (χ0v) is 16.6. The van der Waals surface area contributed by atoms with Crippen LogP contribution in [-0.2, 0) is 0 Å². The van der Waals surface area contributed by atoms with Gasteiger partial charge in [0, 0.05) is 33.2 Å². The molecule has 0 heterocycles. The Labute approximate surface area is 149 Å². The summed E-state index contributed by atoms with van der Waals surface area (Å²) in [5.41, 5.74) is 0. The van der Waals surface area contributed by atoms with Crippen molar-refractivity contribution in [2.45, 2.75) is 39.8 Å². The first-order valence-electron chi connectivity index (χ1n) is 8.87. The molecule has 0 N–H and O–H groups in total. The Balaban J connectivity index is 2.18. The molecule has 0 atom stereocenters. The third-order valence-electron chi connectivity index (χ3n) is 4.35.